The third-order valence-corrected chi connectivity index (χ3v) is 18.2. The molecule has 0 amide bonds. The molecule has 0 N–H and O–H groups in total. The van der Waals surface area contributed by atoms with Crippen LogP contribution in [0.1, 0.15) is 66.8 Å². The fourth-order valence-corrected chi connectivity index (χ4v) is 16.3. The summed E-state index contributed by atoms with van der Waals surface area (Å²) in [6.07, 6.45) is 0. The molecular weight excluding hydrogens is 703 g/mol. The molecule has 0 saturated heterocycles. The molecule has 0 bridgehead atoms. The van der Waals surface area contributed by atoms with Crippen molar-refractivity contribution in [3.05, 3.63) is 152 Å². The van der Waals surface area contributed by atoms with Gasteiger partial charge in [0, 0.05) is 10.6 Å². The molecule has 2 nitrogen and oxygen atoms in total. The van der Waals surface area contributed by atoms with Crippen LogP contribution >= 0.6 is 15.8 Å². The maximum atomic E-state index is 15.0. The van der Waals surface area contributed by atoms with E-state index in [1.54, 1.807) is 0 Å². The summed E-state index contributed by atoms with van der Waals surface area (Å²) in [5.41, 5.74) is 15.3. The molecule has 53 heavy (non-hydrogen) atoms. The van der Waals surface area contributed by atoms with E-state index in [9.17, 15) is 4.21 Å². The minimum Gasteiger partial charge on any atom is -0.453 e. The maximum Gasteiger partial charge on any atom is 0.152 e. The topological polar surface area (TPSA) is 26.3 Å². The van der Waals surface area contributed by atoms with E-state index < -0.39 is 26.6 Å². The third-order valence-electron chi connectivity index (χ3n) is 10.4. The second kappa shape index (κ2) is 14.4. The molecule has 0 saturated carbocycles. The summed E-state index contributed by atoms with van der Waals surface area (Å²) in [5.74, 6) is 1.50. The Morgan fingerprint density at radius 2 is 0.642 bits per heavy atom. The highest BCUT2D eigenvalue weighted by Gasteiger charge is 2.36. The number of ether oxygens (including phenoxy) is 1. The first-order chi connectivity index (χ1) is 25.2. The van der Waals surface area contributed by atoms with Crippen molar-refractivity contribution in [1.82, 2.24) is 0 Å². The van der Waals surface area contributed by atoms with Crippen LogP contribution in [0.2, 0.25) is 0 Å². The van der Waals surface area contributed by atoms with Crippen molar-refractivity contribution < 1.29 is 8.95 Å². The lowest BCUT2D eigenvalue weighted by Crippen LogP contribution is -2.31. The van der Waals surface area contributed by atoms with E-state index in [-0.39, 0.29) is 0 Å². The van der Waals surface area contributed by atoms with E-state index in [0.29, 0.717) is 0 Å². The summed E-state index contributed by atoms with van der Waals surface area (Å²) >= 11 is 0. The van der Waals surface area contributed by atoms with Crippen molar-refractivity contribution in [3.63, 3.8) is 0 Å². The highest BCUT2D eigenvalue weighted by atomic mass is 32.2. The molecular formula is C48H50O2P2S. The Hall–Kier alpha value is -3.87. The average molecular weight is 753 g/mol. The second-order valence-corrected chi connectivity index (χ2v) is 20.8. The van der Waals surface area contributed by atoms with Gasteiger partial charge in [-0.1, -0.05) is 95.1 Å². The number of fused-ring (bicyclic) bond motifs is 2. The fraction of sp³-hybridized carbons (Fsp3) is 0.250. The summed E-state index contributed by atoms with van der Waals surface area (Å²) in [6.45, 7) is 26.7. The summed E-state index contributed by atoms with van der Waals surface area (Å²) in [6, 6.07) is 31.1. The largest absolute Gasteiger partial charge is 0.453 e. The van der Waals surface area contributed by atoms with Gasteiger partial charge in [0.25, 0.3) is 0 Å². The molecule has 0 spiro atoms. The number of hydrogen-bond acceptors (Lipinski definition) is 2. The first kappa shape index (κ1) is 37.4. The van der Waals surface area contributed by atoms with Crippen LogP contribution in [-0.2, 0) is 10.8 Å². The number of para-hydroxylation sites is 2. The van der Waals surface area contributed by atoms with Gasteiger partial charge in [-0.2, -0.15) is 0 Å². The van der Waals surface area contributed by atoms with Gasteiger partial charge in [0.05, 0.1) is 20.6 Å². The van der Waals surface area contributed by atoms with Gasteiger partial charge in [-0.05, 0) is 177 Å². The van der Waals surface area contributed by atoms with E-state index in [4.69, 9.17) is 4.74 Å². The van der Waals surface area contributed by atoms with Crippen LogP contribution in [0.5, 0.6) is 11.5 Å². The molecule has 0 aromatic heterocycles. The molecule has 0 aliphatic carbocycles. The maximum absolute atomic E-state index is 15.0. The minimum absolute atomic E-state index is 0.749. The molecule has 0 fully saturated rings. The lowest BCUT2D eigenvalue weighted by Gasteiger charge is -2.33. The number of aryl methyl sites for hydroxylation is 12. The van der Waals surface area contributed by atoms with E-state index in [1.165, 1.54) is 88.0 Å². The number of rotatable bonds is 6. The van der Waals surface area contributed by atoms with Crippen LogP contribution in [0.15, 0.2) is 94.7 Å². The molecule has 1 heterocycles. The molecule has 0 radical (unpaired) electrons. The van der Waals surface area contributed by atoms with Crippen LogP contribution in [0, 0.1) is 83.1 Å². The molecule has 1 aliphatic heterocycles. The van der Waals surface area contributed by atoms with Gasteiger partial charge in [-0.3, -0.25) is 0 Å². The molecule has 6 aromatic carbocycles. The number of benzene rings is 6. The summed E-state index contributed by atoms with van der Waals surface area (Å²) in [7, 11) is -3.57. The Kier molecular flexibility index (Phi) is 10.2. The van der Waals surface area contributed by atoms with Gasteiger partial charge in [-0.15, -0.1) is 0 Å². The van der Waals surface area contributed by atoms with Gasteiger partial charge >= 0.3 is 0 Å². The van der Waals surface area contributed by atoms with Crippen molar-refractivity contribution in [3.8, 4) is 11.5 Å². The smallest absolute Gasteiger partial charge is 0.152 e. The summed E-state index contributed by atoms with van der Waals surface area (Å²) in [5, 5.41) is 7.63. The Bertz CT molecular complexity index is 2120. The molecule has 6 aromatic rings. The average Bonchev–Trinajstić information content (AvgIpc) is 3.05. The summed E-state index contributed by atoms with van der Waals surface area (Å²) < 4.78 is 22.4. The van der Waals surface area contributed by atoms with E-state index in [2.05, 4.69) is 156 Å². The normalized spacial score (nSPS) is 12.6. The van der Waals surface area contributed by atoms with E-state index in [1.807, 2.05) is 12.1 Å². The van der Waals surface area contributed by atoms with Crippen LogP contribution in [-0.4, -0.2) is 4.21 Å². The monoisotopic (exact) mass is 752 g/mol. The van der Waals surface area contributed by atoms with Crippen LogP contribution in [0.25, 0.3) is 0 Å². The van der Waals surface area contributed by atoms with E-state index in [0.717, 1.165) is 31.9 Å². The zero-order chi connectivity index (χ0) is 38.0. The second-order valence-electron chi connectivity index (χ2n) is 15.2. The minimum atomic E-state index is -1.43. The molecule has 1 aliphatic rings. The SMILES string of the molecule is Cc1cc(C)c(P(c2cccc3c2Oc2c(P(c4c(C)cc(C)cc4C)c4c(C)cc(C)cc4C)cccc2S3=O)c2c(C)cc(C)cc2C)c(C)c1. The van der Waals surface area contributed by atoms with Crippen molar-refractivity contribution in [1.29, 1.82) is 0 Å². The lowest BCUT2D eigenvalue weighted by atomic mass is 10.1. The summed E-state index contributed by atoms with van der Waals surface area (Å²) in [4.78, 5) is 1.50. The molecule has 0 atom stereocenters. The first-order valence-electron chi connectivity index (χ1n) is 18.4. The highest BCUT2D eigenvalue weighted by Crippen LogP contribution is 2.50. The highest BCUT2D eigenvalue weighted by molar-refractivity contribution is 7.86. The molecule has 270 valence electrons. The third kappa shape index (κ3) is 6.65. The van der Waals surface area contributed by atoms with Crippen molar-refractivity contribution in [2.24, 2.45) is 0 Å². The molecule has 7 rings (SSSR count). The molecule has 5 heteroatoms. The van der Waals surface area contributed by atoms with Crippen LogP contribution in [0.4, 0.5) is 0 Å². The predicted octanol–water partition coefficient (Wildman–Crippen LogP) is 10.2. The lowest BCUT2D eigenvalue weighted by molar-refractivity contribution is 0.458. The van der Waals surface area contributed by atoms with Gasteiger partial charge in [0.2, 0.25) is 0 Å². The van der Waals surface area contributed by atoms with Gasteiger partial charge in [0.15, 0.2) is 11.5 Å². The van der Waals surface area contributed by atoms with E-state index >= 15 is 0 Å². The van der Waals surface area contributed by atoms with Crippen molar-refractivity contribution >= 4 is 58.5 Å². The zero-order valence-corrected chi connectivity index (χ0v) is 35.8. The van der Waals surface area contributed by atoms with Crippen LogP contribution in [0.3, 0.4) is 0 Å². The zero-order valence-electron chi connectivity index (χ0n) is 33.2. The van der Waals surface area contributed by atoms with Gasteiger partial charge < -0.3 is 4.74 Å². The first-order valence-corrected chi connectivity index (χ1v) is 22.3. The van der Waals surface area contributed by atoms with Crippen molar-refractivity contribution in [2.45, 2.75) is 92.9 Å². The van der Waals surface area contributed by atoms with Crippen LogP contribution < -0.4 is 36.6 Å². The predicted molar refractivity (Wildman–Crippen MR) is 232 cm³/mol. The van der Waals surface area contributed by atoms with Crippen molar-refractivity contribution in [2.75, 3.05) is 0 Å². The Morgan fingerprint density at radius 1 is 0.396 bits per heavy atom. The van der Waals surface area contributed by atoms with Gasteiger partial charge in [0.1, 0.15) is 0 Å². The standard InChI is InChI=1S/C48H50O2P2S/c1-27-19-31(5)45(32(6)20-27)51(46-33(7)21-28(2)22-34(46)8)39-15-13-17-41-43(39)50-44-40(16-14-18-42(44)53(41)49)52(47-35(9)23-29(3)24-36(47)10)48-37(11)25-30(4)26-38(48)12/h13-26H,1-12H3. The Morgan fingerprint density at radius 3 is 0.887 bits per heavy atom. The number of hydrogen-bond donors (Lipinski definition) is 0. The molecule has 0 unspecified atom stereocenters. The van der Waals surface area contributed by atoms with Gasteiger partial charge in [-0.25, -0.2) is 4.21 Å². The quantitative estimate of drug-likeness (QED) is 0.158. The fourth-order valence-electron chi connectivity index (χ4n) is 8.88. The Balaban J connectivity index is 1.53. The Labute approximate surface area is 322 Å².